The monoisotopic (exact) mass is 249 g/mol. The van der Waals surface area contributed by atoms with E-state index in [2.05, 4.69) is 15.4 Å². The molecule has 1 heterocycles. The Labute approximate surface area is 110 Å². The zero-order chi connectivity index (χ0) is 13.1. The summed E-state index contributed by atoms with van der Waals surface area (Å²) in [6.45, 7) is 0. The third-order valence-electron chi connectivity index (χ3n) is 2.90. The second-order valence-electron chi connectivity index (χ2n) is 4.10. The van der Waals surface area contributed by atoms with E-state index in [-0.39, 0.29) is 5.78 Å². The number of benzene rings is 2. The minimum Gasteiger partial charge on any atom is -0.289 e. The quantitative estimate of drug-likeness (QED) is 0.726. The summed E-state index contributed by atoms with van der Waals surface area (Å²) in [5.74, 6) is -0.0146. The number of H-pyrrole nitrogens is 1. The van der Waals surface area contributed by atoms with Gasteiger partial charge in [0.25, 0.3) is 0 Å². The molecule has 0 fully saturated rings. The van der Waals surface area contributed by atoms with Gasteiger partial charge in [-0.25, -0.2) is 0 Å². The topological polar surface area (TPSA) is 58.6 Å². The fourth-order valence-corrected chi connectivity index (χ4v) is 1.98. The van der Waals surface area contributed by atoms with Crippen molar-refractivity contribution in [2.45, 2.75) is 0 Å². The van der Waals surface area contributed by atoms with Crippen LogP contribution in [0.15, 0.2) is 60.8 Å². The van der Waals surface area contributed by atoms with Crippen molar-refractivity contribution < 1.29 is 4.79 Å². The van der Waals surface area contributed by atoms with E-state index in [0.29, 0.717) is 16.8 Å². The van der Waals surface area contributed by atoms with E-state index >= 15 is 0 Å². The van der Waals surface area contributed by atoms with Crippen LogP contribution < -0.4 is 0 Å². The highest BCUT2D eigenvalue weighted by Crippen LogP contribution is 2.23. The Balaban J connectivity index is 2.09. The Hall–Kier alpha value is -2.75. The summed E-state index contributed by atoms with van der Waals surface area (Å²) in [7, 11) is 0. The summed E-state index contributed by atoms with van der Waals surface area (Å²) < 4.78 is 0. The van der Waals surface area contributed by atoms with Crippen molar-refractivity contribution in [1.29, 1.82) is 0 Å². The van der Waals surface area contributed by atoms with Crippen LogP contribution in [0.4, 0.5) is 0 Å². The maximum absolute atomic E-state index is 12.5. The molecule has 4 heteroatoms. The second kappa shape index (κ2) is 4.86. The summed E-state index contributed by atoms with van der Waals surface area (Å²) in [5.41, 5.74) is 2.74. The molecule has 1 aromatic heterocycles. The first-order valence-corrected chi connectivity index (χ1v) is 5.91. The molecule has 2 aromatic carbocycles. The molecule has 0 aliphatic rings. The van der Waals surface area contributed by atoms with Crippen molar-refractivity contribution in [3.05, 3.63) is 71.9 Å². The summed E-state index contributed by atoms with van der Waals surface area (Å²) in [5, 5.41) is 10.4. The van der Waals surface area contributed by atoms with Gasteiger partial charge in [-0.3, -0.25) is 4.79 Å². The summed E-state index contributed by atoms with van der Waals surface area (Å²) in [4.78, 5) is 12.5. The summed E-state index contributed by atoms with van der Waals surface area (Å²) in [6.07, 6.45) is 1.61. The first-order valence-electron chi connectivity index (χ1n) is 5.91. The smallest absolute Gasteiger partial charge is 0.193 e. The van der Waals surface area contributed by atoms with Gasteiger partial charge in [-0.15, -0.1) is 0 Å². The van der Waals surface area contributed by atoms with Crippen LogP contribution in [0, 0.1) is 0 Å². The molecule has 0 radical (unpaired) electrons. The average molecular weight is 249 g/mol. The van der Waals surface area contributed by atoms with Crippen molar-refractivity contribution in [3.8, 4) is 11.3 Å². The zero-order valence-corrected chi connectivity index (χ0v) is 10.1. The highest BCUT2D eigenvalue weighted by atomic mass is 16.1. The van der Waals surface area contributed by atoms with Gasteiger partial charge in [-0.2, -0.15) is 15.4 Å². The number of aromatic amines is 1. The number of nitrogens with one attached hydrogen (secondary N) is 1. The zero-order valence-electron chi connectivity index (χ0n) is 10.1. The van der Waals surface area contributed by atoms with Crippen LogP contribution in [0.1, 0.15) is 15.9 Å². The molecule has 3 rings (SSSR count). The van der Waals surface area contributed by atoms with Gasteiger partial charge in [-0.1, -0.05) is 54.6 Å². The highest BCUT2D eigenvalue weighted by molar-refractivity contribution is 6.12. The molecule has 4 nitrogen and oxygen atoms in total. The van der Waals surface area contributed by atoms with E-state index < -0.39 is 0 Å². The minimum atomic E-state index is -0.0146. The molecule has 0 atom stereocenters. The number of hydrogen-bond donors (Lipinski definition) is 1. The van der Waals surface area contributed by atoms with E-state index in [1.165, 1.54) is 0 Å². The SMILES string of the molecule is O=C(c1ccccc1)c1ccccc1-c1cn[nH]n1. The van der Waals surface area contributed by atoms with Crippen LogP contribution in [-0.4, -0.2) is 21.2 Å². The third-order valence-corrected chi connectivity index (χ3v) is 2.90. The number of aromatic nitrogens is 3. The third kappa shape index (κ3) is 2.15. The van der Waals surface area contributed by atoms with Gasteiger partial charge in [0.05, 0.1) is 6.20 Å². The molecular weight excluding hydrogens is 238 g/mol. The molecule has 0 aliphatic heterocycles. The molecule has 0 saturated carbocycles. The first kappa shape index (κ1) is 11.3. The predicted octanol–water partition coefficient (Wildman–Crippen LogP) is 2.70. The number of ketones is 1. The molecule has 0 unspecified atom stereocenters. The molecule has 3 aromatic rings. The fourth-order valence-electron chi connectivity index (χ4n) is 1.98. The molecule has 92 valence electrons. The largest absolute Gasteiger partial charge is 0.289 e. The fraction of sp³-hybridized carbons (Fsp3) is 0. The number of rotatable bonds is 3. The lowest BCUT2D eigenvalue weighted by Crippen LogP contribution is -2.03. The molecular formula is C15H11N3O. The Kier molecular flexibility index (Phi) is 2.90. The van der Waals surface area contributed by atoms with E-state index in [1.807, 2.05) is 48.5 Å². The van der Waals surface area contributed by atoms with Gasteiger partial charge in [0.15, 0.2) is 5.78 Å². The van der Waals surface area contributed by atoms with Gasteiger partial charge >= 0.3 is 0 Å². The Morgan fingerprint density at radius 2 is 1.68 bits per heavy atom. The Bertz CT molecular complexity index is 690. The molecule has 1 N–H and O–H groups in total. The van der Waals surface area contributed by atoms with Gasteiger partial charge in [0.2, 0.25) is 0 Å². The second-order valence-corrected chi connectivity index (χ2v) is 4.10. The van der Waals surface area contributed by atoms with Gasteiger partial charge in [0, 0.05) is 16.7 Å². The van der Waals surface area contributed by atoms with Gasteiger partial charge in [-0.05, 0) is 0 Å². The first-order chi connectivity index (χ1) is 9.36. The van der Waals surface area contributed by atoms with Gasteiger partial charge < -0.3 is 0 Å². The van der Waals surface area contributed by atoms with Crippen LogP contribution in [-0.2, 0) is 0 Å². The number of carbonyl (C=O) groups is 1. The highest BCUT2D eigenvalue weighted by Gasteiger charge is 2.15. The van der Waals surface area contributed by atoms with Crippen LogP contribution in [0.5, 0.6) is 0 Å². The van der Waals surface area contributed by atoms with Crippen LogP contribution in [0.25, 0.3) is 11.3 Å². The lowest BCUT2D eigenvalue weighted by Gasteiger charge is -2.06. The Morgan fingerprint density at radius 3 is 2.42 bits per heavy atom. The lowest BCUT2D eigenvalue weighted by atomic mass is 9.97. The van der Waals surface area contributed by atoms with Crippen LogP contribution in [0.2, 0.25) is 0 Å². The predicted molar refractivity (Wildman–Crippen MR) is 71.7 cm³/mol. The van der Waals surface area contributed by atoms with Crippen molar-refractivity contribution in [2.24, 2.45) is 0 Å². The molecule has 0 bridgehead atoms. The lowest BCUT2D eigenvalue weighted by molar-refractivity contribution is 0.103. The number of nitrogens with zero attached hydrogens (tertiary/aromatic N) is 2. The molecule has 0 spiro atoms. The maximum atomic E-state index is 12.5. The van der Waals surface area contributed by atoms with E-state index in [0.717, 1.165) is 5.56 Å². The van der Waals surface area contributed by atoms with Crippen molar-refractivity contribution >= 4 is 5.78 Å². The Morgan fingerprint density at radius 1 is 0.947 bits per heavy atom. The van der Waals surface area contributed by atoms with E-state index in [4.69, 9.17) is 0 Å². The van der Waals surface area contributed by atoms with E-state index in [1.54, 1.807) is 12.3 Å². The molecule has 0 amide bonds. The van der Waals surface area contributed by atoms with E-state index in [9.17, 15) is 4.79 Å². The molecule has 19 heavy (non-hydrogen) atoms. The normalized spacial score (nSPS) is 10.3. The average Bonchev–Trinajstić information content (AvgIpc) is 3.01. The number of carbonyl (C=O) groups excluding carboxylic acids is 1. The van der Waals surface area contributed by atoms with Crippen LogP contribution >= 0.6 is 0 Å². The minimum absolute atomic E-state index is 0.0146. The van der Waals surface area contributed by atoms with Crippen molar-refractivity contribution in [2.75, 3.05) is 0 Å². The van der Waals surface area contributed by atoms with Crippen molar-refractivity contribution in [3.63, 3.8) is 0 Å². The van der Waals surface area contributed by atoms with Crippen molar-refractivity contribution in [1.82, 2.24) is 15.4 Å². The maximum Gasteiger partial charge on any atom is 0.193 e. The molecule has 0 aliphatic carbocycles. The standard InChI is InChI=1S/C15H11N3O/c19-15(11-6-2-1-3-7-11)13-9-5-4-8-12(13)14-10-16-18-17-14/h1-10H,(H,16,17,18). The van der Waals surface area contributed by atoms with Gasteiger partial charge in [0.1, 0.15) is 5.69 Å². The number of hydrogen-bond acceptors (Lipinski definition) is 3. The summed E-state index contributed by atoms with van der Waals surface area (Å²) in [6, 6.07) is 16.6. The molecule has 0 saturated heterocycles. The van der Waals surface area contributed by atoms with Crippen LogP contribution in [0.3, 0.4) is 0 Å². The summed E-state index contributed by atoms with van der Waals surface area (Å²) >= 11 is 0.